The van der Waals surface area contributed by atoms with Crippen LogP contribution in [0.25, 0.3) is 10.9 Å². The molecule has 0 saturated carbocycles. The van der Waals surface area contributed by atoms with E-state index in [1.54, 1.807) is 32.0 Å². The number of aromatic nitrogens is 1. The van der Waals surface area contributed by atoms with E-state index >= 15 is 0 Å². The molecule has 0 saturated heterocycles. The van der Waals surface area contributed by atoms with Crippen LogP contribution < -0.4 is 16.8 Å². The Morgan fingerprint density at radius 1 is 1.20 bits per heavy atom. The summed E-state index contributed by atoms with van der Waals surface area (Å²) in [6.07, 6.45) is 10.6. The Hall–Kier alpha value is -4.40. The van der Waals surface area contributed by atoms with Crippen molar-refractivity contribution >= 4 is 45.8 Å². The molecule has 220 valence electrons. The molecule has 0 aliphatic carbocycles. The van der Waals surface area contributed by atoms with Crippen molar-refractivity contribution < 1.29 is 9.18 Å². The fraction of sp³-hybridized carbons (Fsp3) is 0.344. The molecule has 0 aliphatic heterocycles. The fourth-order valence-electron chi connectivity index (χ4n) is 3.95. The average Bonchev–Trinajstić information content (AvgIpc) is 3.30. The molecule has 1 atom stereocenters. The average molecular weight is 562 g/mol. The van der Waals surface area contributed by atoms with E-state index in [0.29, 0.717) is 50.5 Å². The first-order chi connectivity index (χ1) is 19.5. The number of rotatable bonds is 11. The molecule has 0 aliphatic rings. The summed E-state index contributed by atoms with van der Waals surface area (Å²) in [7, 11) is 3.82. The predicted octanol–water partition coefficient (Wildman–Crippen LogP) is 7.20. The highest BCUT2D eigenvalue weighted by atomic mass is 19.1. The van der Waals surface area contributed by atoms with Crippen LogP contribution in [0.2, 0.25) is 0 Å². The molecule has 0 fully saturated rings. The second-order valence-electron chi connectivity index (χ2n) is 9.94. The highest BCUT2D eigenvalue weighted by Crippen LogP contribution is 2.39. The van der Waals surface area contributed by atoms with Gasteiger partial charge in [-0.2, -0.15) is 0 Å². The summed E-state index contributed by atoms with van der Waals surface area (Å²) in [5.74, 6) is -0.818. The van der Waals surface area contributed by atoms with Crippen LogP contribution in [0.5, 0.6) is 0 Å². The molecule has 9 heteroatoms. The number of hydrogen-bond donors (Lipinski definition) is 5. The third kappa shape index (κ3) is 8.30. The molecule has 7 N–H and O–H groups in total. The van der Waals surface area contributed by atoms with Crippen molar-refractivity contribution in [2.75, 3.05) is 25.1 Å². The van der Waals surface area contributed by atoms with Crippen LogP contribution in [0.4, 0.5) is 21.5 Å². The van der Waals surface area contributed by atoms with E-state index in [4.69, 9.17) is 21.9 Å². The first-order valence-corrected chi connectivity index (χ1v) is 13.9. The van der Waals surface area contributed by atoms with Gasteiger partial charge in [-0.05, 0) is 56.7 Å². The van der Waals surface area contributed by atoms with Crippen LogP contribution in [0.15, 0.2) is 59.4 Å². The van der Waals surface area contributed by atoms with Gasteiger partial charge < -0.3 is 32.1 Å². The minimum Gasteiger partial charge on any atom is -0.398 e. The number of primary amides is 1. The van der Waals surface area contributed by atoms with E-state index in [9.17, 15) is 9.18 Å². The van der Waals surface area contributed by atoms with Gasteiger partial charge in [-0.15, -0.1) is 0 Å². The second-order valence-corrected chi connectivity index (χ2v) is 9.94. The second kappa shape index (κ2) is 15.4. The number of halogens is 1. The van der Waals surface area contributed by atoms with E-state index in [-0.39, 0.29) is 0 Å². The monoisotopic (exact) mass is 561 g/mol. The number of unbranched alkanes of at least 4 members (excludes halogenated alkanes) is 1. The summed E-state index contributed by atoms with van der Waals surface area (Å²) in [4.78, 5) is 22.1. The first kappa shape index (κ1) is 32.8. The summed E-state index contributed by atoms with van der Waals surface area (Å²) in [5, 5.41) is 11.9. The molecule has 2 aromatic carbocycles. The largest absolute Gasteiger partial charge is 0.398 e. The molecule has 41 heavy (non-hydrogen) atoms. The van der Waals surface area contributed by atoms with Crippen LogP contribution >= 0.6 is 0 Å². The molecule has 1 amide bonds. The maximum absolute atomic E-state index is 14.4. The number of amides is 1. The lowest BCUT2D eigenvalue weighted by Gasteiger charge is -2.21. The van der Waals surface area contributed by atoms with E-state index in [2.05, 4.69) is 31.1 Å². The number of benzene rings is 2. The van der Waals surface area contributed by atoms with Crippen molar-refractivity contribution in [2.24, 2.45) is 10.7 Å². The zero-order valence-corrected chi connectivity index (χ0v) is 25.2. The molecule has 0 bridgehead atoms. The number of aromatic amines is 1. The number of anilines is 2. The SMILES string of the molecule is CC/C=C\C=C(\Nc1ccc(F)cc1C(C)=Nc1c(C(C)C(N)=O)[nH]c2ccc(N)c(C=N)c12)N(C)C.CCCC. The molecule has 8 nitrogen and oxygen atoms in total. The van der Waals surface area contributed by atoms with Gasteiger partial charge in [-0.3, -0.25) is 9.79 Å². The number of nitrogen functional groups attached to an aromatic ring is 1. The van der Waals surface area contributed by atoms with Gasteiger partial charge in [0.15, 0.2) is 0 Å². The van der Waals surface area contributed by atoms with Gasteiger partial charge in [-0.25, -0.2) is 4.39 Å². The van der Waals surface area contributed by atoms with Crippen molar-refractivity contribution in [3.8, 4) is 0 Å². The van der Waals surface area contributed by atoms with Gasteiger partial charge in [0.25, 0.3) is 0 Å². The quantitative estimate of drug-likeness (QED) is 0.0960. The van der Waals surface area contributed by atoms with Crippen LogP contribution in [-0.2, 0) is 4.79 Å². The number of fused-ring (bicyclic) bond motifs is 1. The standard InChI is InChI=1S/C28H34FN7O.C4H10/c1-6-7-8-9-24(36(4)5)34-22-12-10-18(29)14-19(22)17(3)33-27-25-20(15-30)21(31)11-13-23(25)35-26(27)16(2)28(32)37;1-3-4-2/h7-16,30,34-35H,6,31H2,1-5H3,(H2,32,37);3-4H2,1-2H3/b8-7-,24-9-,30-15?,33-17?;. The Morgan fingerprint density at radius 2 is 1.88 bits per heavy atom. The molecule has 1 heterocycles. The Labute approximate surface area is 242 Å². The molecule has 0 radical (unpaired) electrons. The topological polar surface area (TPSA) is 136 Å². The number of H-pyrrole nitrogens is 1. The Morgan fingerprint density at radius 3 is 2.44 bits per heavy atom. The number of allylic oxidation sites excluding steroid dienone is 3. The van der Waals surface area contributed by atoms with Crippen LogP contribution in [0.3, 0.4) is 0 Å². The molecular formula is C32H44FN7O. The number of carbonyl (C=O) groups is 1. The van der Waals surface area contributed by atoms with Crippen molar-refractivity contribution in [1.29, 1.82) is 5.41 Å². The van der Waals surface area contributed by atoms with Crippen molar-refractivity contribution in [3.05, 3.63) is 77.0 Å². The van der Waals surface area contributed by atoms with E-state index in [0.717, 1.165) is 18.5 Å². The maximum Gasteiger partial charge on any atom is 0.226 e. The summed E-state index contributed by atoms with van der Waals surface area (Å²) in [6.45, 7) is 9.87. The maximum atomic E-state index is 14.4. The van der Waals surface area contributed by atoms with Crippen molar-refractivity contribution in [2.45, 2.75) is 59.8 Å². The minimum absolute atomic E-state index is 0.405. The van der Waals surface area contributed by atoms with E-state index < -0.39 is 17.6 Å². The fourth-order valence-corrected chi connectivity index (χ4v) is 3.95. The van der Waals surface area contributed by atoms with Crippen molar-refractivity contribution in [3.63, 3.8) is 0 Å². The Bertz CT molecular complexity index is 1450. The zero-order chi connectivity index (χ0) is 30.7. The smallest absolute Gasteiger partial charge is 0.226 e. The van der Waals surface area contributed by atoms with Gasteiger partial charge in [0.1, 0.15) is 11.6 Å². The number of nitrogens with zero attached hydrogens (tertiary/aromatic N) is 2. The number of carbonyl (C=O) groups excluding carboxylic acids is 1. The molecule has 1 aromatic heterocycles. The summed E-state index contributed by atoms with van der Waals surface area (Å²) in [6, 6.07) is 7.92. The lowest BCUT2D eigenvalue weighted by Crippen LogP contribution is -2.19. The van der Waals surface area contributed by atoms with Gasteiger partial charge in [-0.1, -0.05) is 45.8 Å². The highest BCUT2D eigenvalue weighted by Gasteiger charge is 2.23. The number of nitrogens with two attached hydrogens (primary N) is 2. The van der Waals surface area contributed by atoms with Crippen LogP contribution in [0, 0.1) is 11.2 Å². The molecular weight excluding hydrogens is 517 g/mol. The summed E-state index contributed by atoms with van der Waals surface area (Å²) in [5.41, 5.74) is 16.0. The normalized spacial score (nSPS) is 12.7. The van der Waals surface area contributed by atoms with Gasteiger partial charge in [0.2, 0.25) is 5.91 Å². The third-order valence-electron chi connectivity index (χ3n) is 6.57. The number of hydrogen-bond acceptors (Lipinski definition) is 6. The molecule has 3 aromatic rings. The molecule has 3 rings (SSSR count). The lowest BCUT2D eigenvalue weighted by atomic mass is 10.0. The van der Waals surface area contributed by atoms with Gasteiger partial charge >= 0.3 is 0 Å². The van der Waals surface area contributed by atoms with Gasteiger partial charge in [0, 0.05) is 59.4 Å². The lowest BCUT2D eigenvalue weighted by molar-refractivity contribution is -0.119. The highest BCUT2D eigenvalue weighted by molar-refractivity contribution is 6.13. The Kier molecular flexibility index (Phi) is 12.3. The predicted molar refractivity (Wildman–Crippen MR) is 172 cm³/mol. The molecule has 0 spiro atoms. The molecule has 1 unspecified atom stereocenters. The Balaban J connectivity index is 0.00000138. The summed E-state index contributed by atoms with van der Waals surface area (Å²) < 4.78 is 14.4. The van der Waals surface area contributed by atoms with Gasteiger partial charge in [0.05, 0.1) is 17.3 Å². The van der Waals surface area contributed by atoms with E-state index in [1.807, 2.05) is 37.2 Å². The summed E-state index contributed by atoms with van der Waals surface area (Å²) >= 11 is 0. The van der Waals surface area contributed by atoms with E-state index in [1.165, 1.54) is 25.0 Å². The first-order valence-electron chi connectivity index (χ1n) is 13.9. The zero-order valence-electron chi connectivity index (χ0n) is 25.2. The van der Waals surface area contributed by atoms with Crippen LogP contribution in [0.1, 0.15) is 76.6 Å². The minimum atomic E-state index is -0.683. The van der Waals surface area contributed by atoms with Crippen LogP contribution in [-0.4, -0.2) is 41.8 Å². The number of aliphatic imine (C=N–C) groups is 1. The number of nitrogens with one attached hydrogen (secondary N) is 3. The van der Waals surface area contributed by atoms with Crippen molar-refractivity contribution in [1.82, 2.24) is 9.88 Å². The third-order valence-corrected chi connectivity index (χ3v) is 6.57.